The minimum Gasteiger partial charge on any atom is -0.394 e. The zero-order valence-electron chi connectivity index (χ0n) is 18.6. The highest BCUT2D eigenvalue weighted by Gasteiger charge is 2.14. The van der Waals surface area contributed by atoms with Crippen LogP contribution >= 0.6 is 11.8 Å². The third-order valence-corrected chi connectivity index (χ3v) is 6.07. The van der Waals surface area contributed by atoms with Gasteiger partial charge in [0.2, 0.25) is 0 Å². The average Bonchev–Trinajstić information content (AvgIpc) is 2.75. The first-order valence-electron chi connectivity index (χ1n) is 10.6. The van der Waals surface area contributed by atoms with Gasteiger partial charge in [0.15, 0.2) is 0 Å². The summed E-state index contributed by atoms with van der Waals surface area (Å²) >= 11 is 1.74. The fraction of sp³-hybridized carbons (Fsp3) is 0.346. The highest BCUT2D eigenvalue weighted by Crippen LogP contribution is 2.24. The summed E-state index contributed by atoms with van der Waals surface area (Å²) in [4.78, 5) is 9.54. The molecule has 0 spiro atoms. The molecule has 158 valence electrons. The quantitative estimate of drug-likeness (QED) is 0.172. The van der Waals surface area contributed by atoms with Crippen molar-refractivity contribution in [3.05, 3.63) is 77.9 Å². The van der Waals surface area contributed by atoms with Gasteiger partial charge in [-0.05, 0) is 56.9 Å². The lowest BCUT2D eigenvalue weighted by molar-refractivity contribution is 0.0830. The molecule has 0 fully saturated rings. The molecule has 0 aliphatic carbocycles. The van der Waals surface area contributed by atoms with Gasteiger partial charge in [-0.1, -0.05) is 59.8 Å². The van der Waals surface area contributed by atoms with Crippen LogP contribution in [-0.4, -0.2) is 42.1 Å². The molecule has 0 N–H and O–H groups in total. The van der Waals surface area contributed by atoms with Crippen LogP contribution in [0, 0.1) is 0 Å². The average molecular weight is 421 g/mol. The van der Waals surface area contributed by atoms with Gasteiger partial charge in [0.05, 0.1) is 0 Å². The van der Waals surface area contributed by atoms with Crippen molar-refractivity contribution < 1.29 is 4.84 Å². The van der Waals surface area contributed by atoms with Crippen LogP contribution in [0.25, 0.3) is 10.8 Å². The lowest BCUT2D eigenvalue weighted by atomic mass is 9.97. The minimum absolute atomic E-state index is 0.481. The maximum Gasteiger partial charge on any atom is 0.129 e. The monoisotopic (exact) mass is 420 g/mol. The van der Waals surface area contributed by atoms with Crippen LogP contribution in [0.1, 0.15) is 38.8 Å². The molecule has 0 aliphatic heterocycles. The Morgan fingerprint density at radius 2 is 1.57 bits per heavy atom. The number of thioether (sulfide) groups is 1. The Balaban J connectivity index is 1.92. The second-order valence-electron chi connectivity index (χ2n) is 7.95. The van der Waals surface area contributed by atoms with Crippen LogP contribution in [0.15, 0.2) is 76.8 Å². The van der Waals surface area contributed by atoms with E-state index in [-0.39, 0.29) is 0 Å². The standard InChI is InChI=1S/C26H32N2OS/c1-19(2)28(20(3)4)17-18-29-27-26(22-13-15-23(30-5)16-14-22)25-12-8-10-21-9-6-7-11-24(21)25/h6-16,19-20H,17-18H2,1-5H3/b27-26-. The number of hydrogen-bond acceptors (Lipinski definition) is 4. The maximum atomic E-state index is 5.88. The highest BCUT2D eigenvalue weighted by molar-refractivity contribution is 7.98. The predicted octanol–water partition coefficient (Wildman–Crippen LogP) is 6.45. The van der Waals surface area contributed by atoms with Gasteiger partial charge in [0, 0.05) is 34.7 Å². The third kappa shape index (κ3) is 5.44. The maximum absolute atomic E-state index is 5.88. The Labute approximate surface area is 185 Å². The van der Waals surface area contributed by atoms with Crippen molar-refractivity contribution in [1.29, 1.82) is 0 Å². The summed E-state index contributed by atoms with van der Waals surface area (Å²) in [5.74, 6) is 0. The number of fused-ring (bicyclic) bond motifs is 1. The van der Waals surface area contributed by atoms with Crippen LogP contribution in [0.3, 0.4) is 0 Å². The molecule has 0 radical (unpaired) electrons. The van der Waals surface area contributed by atoms with Crippen molar-refractivity contribution in [3.63, 3.8) is 0 Å². The Kier molecular flexibility index (Phi) is 7.94. The molecule has 0 unspecified atom stereocenters. The first kappa shape index (κ1) is 22.4. The van der Waals surface area contributed by atoms with E-state index in [0.717, 1.165) is 23.4 Å². The summed E-state index contributed by atoms with van der Waals surface area (Å²) in [6.07, 6.45) is 2.09. The molecular weight excluding hydrogens is 388 g/mol. The number of hydrogen-bond donors (Lipinski definition) is 0. The Hall–Kier alpha value is -2.30. The summed E-state index contributed by atoms with van der Waals surface area (Å²) in [5.41, 5.74) is 3.03. The van der Waals surface area contributed by atoms with Gasteiger partial charge in [0.1, 0.15) is 12.3 Å². The number of benzene rings is 3. The summed E-state index contributed by atoms with van der Waals surface area (Å²) in [6, 6.07) is 24.3. The molecule has 3 rings (SSSR count). The lowest BCUT2D eigenvalue weighted by Crippen LogP contribution is -2.39. The molecule has 4 heteroatoms. The second-order valence-corrected chi connectivity index (χ2v) is 8.83. The van der Waals surface area contributed by atoms with E-state index >= 15 is 0 Å². The van der Waals surface area contributed by atoms with Crippen molar-refractivity contribution in [2.24, 2.45) is 5.16 Å². The summed E-state index contributed by atoms with van der Waals surface area (Å²) in [7, 11) is 0. The van der Waals surface area contributed by atoms with Crippen molar-refractivity contribution in [1.82, 2.24) is 4.90 Å². The fourth-order valence-electron chi connectivity index (χ4n) is 3.81. The number of oxime groups is 1. The van der Waals surface area contributed by atoms with E-state index in [2.05, 4.69) is 111 Å². The smallest absolute Gasteiger partial charge is 0.129 e. The summed E-state index contributed by atoms with van der Waals surface area (Å²) in [6.45, 7) is 10.3. The third-order valence-electron chi connectivity index (χ3n) is 5.33. The van der Waals surface area contributed by atoms with Gasteiger partial charge in [-0.15, -0.1) is 11.8 Å². The Morgan fingerprint density at radius 1 is 0.900 bits per heavy atom. The van der Waals surface area contributed by atoms with Crippen molar-refractivity contribution in [3.8, 4) is 0 Å². The van der Waals surface area contributed by atoms with E-state index < -0.39 is 0 Å². The van der Waals surface area contributed by atoms with E-state index in [1.807, 2.05) is 0 Å². The lowest BCUT2D eigenvalue weighted by Gasteiger charge is -2.29. The molecule has 0 aliphatic rings. The summed E-state index contributed by atoms with van der Waals surface area (Å²) < 4.78 is 0. The topological polar surface area (TPSA) is 24.8 Å². The van der Waals surface area contributed by atoms with Crippen LogP contribution < -0.4 is 0 Å². The molecule has 0 saturated heterocycles. The largest absolute Gasteiger partial charge is 0.394 e. The first-order chi connectivity index (χ1) is 14.5. The van der Waals surface area contributed by atoms with E-state index in [1.165, 1.54) is 15.7 Å². The van der Waals surface area contributed by atoms with Crippen LogP contribution in [0.4, 0.5) is 0 Å². The van der Waals surface area contributed by atoms with Crippen LogP contribution in [-0.2, 0) is 4.84 Å². The van der Waals surface area contributed by atoms with Gasteiger partial charge in [0.25, 0.3) is 0 Å². The molecule has 0 bridgehead atoms. The van der Waals surface area contributed by atoms with E-state index in [1.54, 1.807) is 11.8 Å². The van der Waals surface area contributed by atoms with Gasteiger partial charge >= 0.3 is 0 Å². The molecule has 0 heterocycles. The van der Waals surface area contributed by atoms with Crippen molar-refractivity contribution in [2.75, 3.05) is 19.4 Å². The zero-order chi connectivity index (χ0) is 21.5. The van der Waals surface area contributed by atoms with E-state index in [4.69, 9.17) is 4.84 Å². The first-order valence-corrected chi connectivity index (χ1v) is 11.8. The molecule has 0 amide bonds. The molecule has 30 heavy (non-hydrogen) atoms. The van der Waals surface area contributed by atoms with Crippen LogP contribution in [0.5, 0.6) is 0 Å². The Morgan fingerprint density at radius 3 is 2.23 bits per heavy atom. The second kappa shape index (κ2) is 10.6. The van der Waals surface area contributed by atoms with Crippen LogP contribution in [0.2, 0.25) is 0 Å². The predicted molar refractivity (Wildman–Crippen MR) is 131 cm³/mol. The molecule has 3 aromatic carbocycles. The van der Waals surface area contributed by atoms with Gasteiger partial charge in [-0.3, -0.25) is 4.90 Å². The van der Waals surface area contributed by atoms with E-state index in [0.29, 0.717) is 18.7 Å². The number of nitrogens with zero attached hydrogens (tertiary/aromatic N) is 2. The van der Waals surface area contributed by atoms with Gasteiger partial charge < -0.3 is 4.84 Å². The molecule has 3 aromatic rings. The normalized spacial score (nSPS) is 12.3. The van der Waals surface area contributed by atoms with Gasteiger partial charge in [-0.25, -0.2) is 0 Å². The molecule has 0 aromatic heterocycles. The fourth-order valence-corrected chi connectivity index (χ4v) is 4.22. The molecule has 0 atom stereocenters. The number of rotatable bonds is 9. The molecule has 0 saturated carbocycles. The Bertz CT molecular complexity index is 966. The van der Waals surface area contributed by atoms with Gasteiger partial charge in [-0.2, -0.15) is 0 Å². The molecule has 3 nitrogen and oxygen atoms in total. The molecular formula is C26H32N2OS. The highest BCUT2D eigenvalue weighted by atomic mass is 32.2. The SMILES string of the molecule is CSc1ccc(/C(=N/OCCN(C(C)C)C(C)C)c2cccc3ccccc23)cc1. The summed E-state index contributed by atoms with van der Waals surface area (Å²) in [5, 5.41) is 7.03. The minimum atomic E-state index is 0.481. The zero-order valence-corrected chi connectivity index (χ0v) is 19.4. The van der Waals surface area contributed by atoms with Crippen molar-refractivity contribution in [2.45, 2.75) is 44.7 Å². The van der Waals surface area contributed by atoms with Crippen molar-refractivity contribution >= 4 is 28.2 Å². The van der Waals surface area contributed by atoms with E-state index in [9.17, 15) is 0 Å².